The van der Waals surface area contributed by atoms with E-state index in [9.17, 15) is 4.79 Å². The summed E-state index contributed by atoms with van der Waals surface area (Å²) < 4.78 is 0. The molecule has 0 spiro atoms. The molecule has 1 aliphatic carbocycles. The van der Waals surface area contributed by atoms with Gasteiger partial charge in [0.05, 0.1) is 11.6 Å². The van der Waals surface area contributed by atoms with Crippen LogP contribution < -0.4 is 10.6 Å². The number of nitrogens with one attached hydrogen (secondary N) is 2. The van der Waals surface area contributed by atoms with Gasteiger partial charge in [0.25, 0.3) is 5.91 Å². The van der Waals surface area contributed by atoms with Crippen molar-refractivity contribution >= 4 is 11.7 Å². The van der Waals surface area contributed by atoms with Crippen LogP contribution >= 0.6 is 0 Å². The molecule has 2 aromatic rings. The van der Waals surface area contributed by atoms with Crippen LogP contribution in [0.4, 0.5) is 5.82 Å². The first-order valence-corrected chi connectivity index (χ1v) is 9.41. The van der Waals surface area contributed by atoms with Crippen LogP contribution in [-0.2, 0) is 11.8 Å². The van der Waals surface area contributed by atoms with E-state index in [0.29, 0.717) is 11.4 Å². The number of carbonyl (C=O) groups excluding carboxylic acids is 1. The zero-order valence-electron chi connectivity index (χ0n) is 17.1. The Labute approximate surface area is 161 Å². The van der Waals surface area contributed by atoms with Gasteiger partial charge in [0.1, 0.15) is 11.6 Å². The van der Waals surface area contributed by atoms with Crippen molar-refractivity contribution < 1.29 is 4.79 Å². The van der Waals surface area contributed by atoms with Crippen molar-refractivity contribution in [2.45, 2.75) is 58.9 Å². The average Bonchev–Trinajstić information content (AvgIpc) is 2.59. The van der Waals surface area contributed by atoms with Crippen molar-refractivity contribution in [1.82, 2.24) is 20.3 Å². The molecule has 2 heterocycles. The van der Waals surface area contributed by atoms with Gasteiger partial charge in [-0.3, -0.25) is 4.79 Å². The molecule has 0 aromatic carbocycles. The van der Waals surface area contributed by atoms with Crippen LogP contribution in [0.3, 0.4) is 0 Å². The maximum absolute atomic E-state index is 12.2. The molecule has 0 bridgehead atoms. The minimum absolute atomic E-state index is 0.0103. The largest absolute Gasteiger partial charge is 0.362 e. The number of hydrogen-bond donors (Lipinski definition) is 2. The summed E-state index contributed by atoms with van der Waals surface area (Å²) in [5, 5.41) is 6.16. The highest BCUT2D eigenvalue weighted by Gasteiger charge is 2.35. The maximum Gasteiger partial charge on any atom is 0.254 e. The molecule has 2 N–H and O–H groups in total. The molecule has 0 radical (unpaired) electrons. The summed E-state index contributed by atoms with van der Waals surface area (Å²) in [7, 11) is 1.63. The van der Waals surface area contributed by atoms with Gasteiger partial charge in [0.15, 0.2) is 0 Å². The zero-order valence-corrected chi connectivity index (χ0v) is 17.1. The molecule has 27 heavy (non-hydrogen) atoms. The third-order valence-electron chi connectivity index (χ3n) is 4.94. The Morgan fingerprint density at radius 3 is 2.67 bits per heavy atom. The van der Waals surface area contributed by atoms with Crippen molar-refractivity contribution in [1.29, 1.82) is 0 Å². The lowest BCUT2D eigenvalue weighted by atomic mass is 9.74. The second-order valence-electron chi connectivity index (χ2n) is 9.07. The van der Waals surface area contributed by atoms with E-state index in [1.807, 2.05) is 6.20 Å². The number of hydrogen-bond acceptors (Lipinski definition) is 5. The Kier molecular flexibility index (Phi) is 4.93. The average molecular weight is 367 g/mol. The molecule has 1 unspecified atom stereocenters. The van der Waals surface area contributed by atoms with E-state index in [2.05, 4.69) is 55.2 Å². The van der Waals surface area contributed by atoms with Gasteiger partial charge < -0.3 is 10.6 Å². The fourth-order valence-corrected chi connectivity index (χ4v) is 3.54. The van der Waals surface area contributed by atoms with E-state index in [1.165, 1.54) is 0 Å². The molecular formula is C21H29N5O. The van der Waals surface area contributed by atoms with Gasteiger partial charge in [0.2, 0.25) is 0 Å². The van der Waals surface area contributed by atoms with E-state index >= 15 is 0 Å². The van der Waals surface area contributed by atoms with Crippen LogP contribution in [0.15, 0.2) is 24.5 Å². The van der Waals surface area contributed by atoms with Crippen molar-refractivity contribution in [3.63, 3.8) is 0 Å². The van der Waals surface area contributed by atoms with Crippen LogP contribution in [0, 0.1) is 5.41 Å². The third-order valence-corrected chi connectivity index (χ3v) is 4.94. The van der Waals surface area contributed by atoms with E-state index in [1.54, 1.807) is 25.4 Å². The number of pyridine rings is 1. The SMILES string of the molecule is CNC(=O)c1cccnc1NC1CC(C)(C)Cc2nc(C(C)(C)C)ncc21. The fourth-order valence-electron chi connectivity index (χ4n) is 3.54. The molecule has 1 amide bonds. The molecular weight excluding hydrogens is 338 g/mol. The normalized spacial score (nSPS) is 18.5. The quantitative estimate of drug-likeness (QED) is 0.865. The summed E-state index contributed by atoms with van der Waals surface area (Å²) in [4.78, 5) is 26.1. The Bertz CT molecular complexity index is 854. The van der Waals surface area contributed by atoms with Gasteiger partial charge in [-0.2, -0.15) is 0 Å². The zero-order chi connectivity index (χ0) is 19.8. The molecule has 6 nitrogen and oxygen atoms in total. The first kappa shape index (κ1) is 19.3. The highest BCUT2D eigenvalue weighted by atomic mass is 16.1. The lowest BCUT2D eigenvalue weighted by Crippen LogP contribution is -2.32. The summed E-state index contributed by atoms with van der Waals surface area (Å²) in [6, 6.07) is 3.56. The van der Waals surface area contributed by atoms with E-state index in [0.717, 1.165) is 29.9 Å². The van der Waals surface area contributed by atoms with Crippen LogP contribution in [-0.4, -0.2) is 27.9 Å². The fraction of sp³-hybridized carbons (Fsp3) is 0.524. The van der Waals surface area contributed by atoms with Crippen molar-refractivity contribution in [3.05, 3.63) is 47.2 Å². The van der Waals surface area contributed by atoms with Crippen LogP contribution in [0.1, 0.15) is 74.5 Å². The number of aromatic nitrogens is 3. The van der Waals surface area contributed by atoms with Gasteiger partial charge >= 0.3 is 0 Å². The summed E-state index contributed by atoms with van der Waals surface area (Å²) in [5.41, 5.74) is 2.72. The molecule has 1 atom stereocenters. The Balaban J connectivity index is 2.00. The lowest BCUT2D eigenvalue weighted by Gasteiger charge is -2.37. The van der Waals surface area contributed by atoms with Gasteiger partial charge in [-0.1, -0.05) is 34.6 Å². The number of fused-ring (bicyclic) bond motifs is 1. The van der Waals surface area contributed by atoms with Gasteiger partial charge in [-0.05, 0) is 30.4 Å². The second kappa shape index (κ2) is 6.91. The minimum atomic E-state index is -0.153. The van der Waals surface area contributed by atoms with Crippen LogP contribution in [0.2, 0.25) is 0 Å². The molecule has 0 aliphatic heterocycles. The van der Waals surface area contributed by atoms with Gasteiger partial charge in [0, 0.05) is 36.1 Å². The monoisotopic (exact) mass is 367 g/mol. The molecule has 0 saturated heterocycles. The van der Waals surface area contributed by atoms with Crippen molar-refractivity contribution in [2.75, 3.05) is 12.4 Å². The first-order valence-electron chi connectivity index (χ1n) is 9.41. The van der Waals surface area contributed by atoms with Crippen molar-refractivity contribution in [3.8, 4) is 0 Å². The van der Waals surface area contributed by atoms with Crippen molar-refractivity contribution in [2.24, 2.45) is 5.41 Å². The van der Waals surface area contributed by atoms with Gasteiger partial charge in [-0.15, -0.1) is 0 Å². The standard InChI is InChI=1S/C21H29N5O/c1-20(2,3)19-24-12-14-15(10-21(4,5)11-16(14)26-19)25-17-13(18(27)22-6)8-7-9-23-17/h7-9,12,15H,10-11H2,1-6H3,(H,22,27)(H,23,25). The van der Waals surface area contributed by atoms with Crippen LogP contribution in [0.5, 0.6) is 0 Å². The number of anilines is 1. The lowest BCUT2D eigenvalue weighted by molar-refractivity contribution is 0.0963. The second-order valence-corrected chi connectivity index (χ2v) is 9.07. The Hall–Kier alpha value is -2.50. The molecule has 0 fully saturated rings. The first-order chi connectivity index (χ1) is 12.6. The molecule has 2 aromatic heterocycles. The van der Waals surface area contributed by atoms with E-state index < -0.39 is 0 Å². The third kappa shape index (κ3) is 4.10. The summed E-state index contributed by atoms with van der Waals surface area (Å²) in [6.45, 7) is 10.9. The molecule has 0 saturated carbocycles. The maximum atomic E-state index is 12.2. The number of rotatable bonds is 3. The summed E-state index contributed by atoms with van der Waals surface area (Å²) >= 11 is 0. The minimum Gasteiger partial charge on any atom is -0.362 e. The summed E-state index contributed by atoms with van der Waals surface area (Å²) in [6.07, 6.45) is 5.47. The Morgan fingerprint density at radius 2 is 2.00 bits per heavy atom. The number of amides is 1. The molecule has 3 rings (SSSR count). The van der Waals surface area contributed by atoms with Crippen LogP contribution in [0.25, 0.3) is 0 Å². The molecule has 6 heteroatoms. The van der Waals surface area contributed by atoms with E-state index in [4.69, 9.17) is 4.98 Å². The molecule has 144 valence electrons. The predicted molar refractivity (Wildman–Crippen MR) is 107 cm³/mol. The highest BCUT2D eigenvalue weighted by molar-refractivity contribution is 5.98. The highest BCUT2D eigenvalue weighted by Crippen LogP contribution is 2.41. The molecule has 1 aliphatic rings. The smallest absolute Gasteiger partial charge is 0.254 e. The van der Waals surface area contributed by atoms with Gasteiger partial charge in [-0.25, -0.2) is 15.0 Å². The van der Waals surface area contributed by atoms with E-state index in [-0.39, 0.29) is 22.8 Å². The topological polar surface area (TPSA) is 79.8 Å². The summed E-state index contributed by atoms with van der Waals surface area (Å²) in [5.74, 6) is 1.30. The predicted octanol–water partition coefficient (Wildman–Crippen LogP) is 3.65. The number of carbonyl (C=O) groups is 1. The number of nitrogens with zero attached hydrogens (tertiary/aromatic N) is 3. The Morgan fingerprint density at radius 1 is 1.26 bits per heavy atom.